The van der Waals surface area contributed by atoms with Crippen LogP contribution >= 0.6 is 0 Å². The van der Waals surface area contributed by atoms with Crippen LogP contribution in [-0.4, -0.2) is 37.6 Å². The molecule has 0 spiro atoms. The number of benzene rings is 1. The third-order valence-corrected chi connectivity index (χ3v) is 3.51. The summed E-state index contributed by atoms with van der Waals surface area (Å²) in [6.45, 7) is 3.80. The Labute approximate surface area is 135 Å². The molecule has 1 aromatic carbocycles. The fraction of sp³-hybridized carbons (Fsp3) is 0.438. The van der Waals surface area contributed by atoms with Gasteiger partial charge in [-0.25, -0.2) is 9.59 Å². The number of nitrogens with one attached hydrogen (secondary N) is 2. The fourth-order valence-electron chi connectivity index (χ4n) is 2.47. The molecule has 1 aromatic rings. The van der Waals surface area contributed by atoms with Crippen molar-refractivity contribution in [3.05, 3.63) is 24.3 Å². The number of nitrogens with zero attached hydrogens (tertiary/aromatic N) is 1. The summed E-state index contributed by atoms with van der Waals surface area (Å²) in [7, 11) is 1.28. The maximum atomic E-state index is 12.5. The third kappa shape index (κ3) is 4.00. The third-order valence-electron chi connectivity index (χ3n) is 3.51. The quantitative estimate of drug-likeness (QED) is 0.828. The van der Waals surface area contributed by atoms with Gasteiger partial charge in [0.1, 0.15) is 12.6 Å². The zero-order valence-electron chi connectivity index (χ0n) is 13.5. The van der Waals surface area contributed by atoms with E-state index < -0.39 is 18.0 Å². The second kappa shape index (κ2) is 7.13. The first-order chi connectivity index (χ1) is 10.9. The Kier molecular flexibility index (Phi) is 5.20. The summed E-state index contributed by atoms with van der Waals surface area (Å²) in [5.74, 6) is -0.574. The van der Waals surface area contributed by atoms with Crippen molar-refractivity contribution in [3.8, 4) is 0 Å². The van der Waals surface area contributed by atoms with E-state index in [-0.39, 0.29) is 18.4 Å². The van der Waals surface area contributed by atoms with Gasteiger partial charge in [-0.1, -0.05) is 26.0 Å². The Balaban J connectivity index is 2.19. The Morgan fingerprint density at radius 3 is 2.70 bits per heavy atom. The minimum Gasteiger partial charge on any atom is -0.467 e. The number of para-hydroxylation sites is 2. The lowest BCUT2D eigenvalue weighted by Gasteiger charge is -2.30. The van der Waals surface area contributed by atoms with Crippen molar-refractivity contribution in [3.63, 3.8) is 0 Å². The maximum Gasteiger partial charge on any atom is 0.328 e. The van der Waals surface area contributed by atoms with Crippen molar-refractivity contribution in [2.24, 2.45) is 5.92 Å². The Bertz CT molecular complexity index is 615. The molecule has 1 aliphatic heterocycles. The molecular formula is C16H21N3O4. The molecule has 7 nitrogen and oxygen atoms in total. The van der Waals surface area contributed by atoms with Gasteiger partial charge in [0, 0.05) is 0 Å². The van der Waals surface area contributed by atoms with Crippen molar-refractivity contribution in [1.82, 2.24) is 5.32 Å². The first-order valence-electron chi connectivity index (χ1n) is 7.47. The molecule has 0 unspecified atom stereocenters. The summed E-state index contributed by atoms with van der Waals surface area (Å²) < 4.78 is 4.74. The molecule has 3 amide bonds. The number of carbonyl (C=O) groups excluding carboxylic acids is 3. The topological polar surface area (TPSA) is 87.7 Å². The molecule has 7 heteroatoms. The monoisotopic (exact) mass is 319 g/mol. The number of carbonyl (C=O) groups is 3. The smallest absolute Gasteiger partial charge is 0.328 e. The van der Waals surface area contributed by atoms with E-state index in [9.17, 15) is 14.4 Å². The number of hydrogen-bond donors (Lipinski definition) is 2. The van der Waals surface area contributed by atoms with E-state index in [2.05, 4.69) is 10.6 Å². The SMILES string of the molecule is COC(=O)[C@@H](CC(C)C)NC(=O)N1CC(=O)Nc2ccccc21. The average molecular weight is 319 g/mol. The Hall–Kier alpha value is -2.57. The highest BCUT2D eigenvalue weighted by molar-refractivity contribution is 6.09. The van der Waals surface area contributed by atoms with Gasteiger partial charge in [0.2, 0.25) is 5.91 Å². The van der Waals surface area contributed by atoms with Gasteiger partial charge < -0.3 is 15.4 Å². The first-order valence-corrected chi connectivity index (χ1v) is 7.47. The average Bonchev–Trinajstić information content (AvgIpc) is 2.52. The number of urea groups is 1. The number of esters is 1. The van der Waals surface area contributed by atoms with E-state index in [1.807, 2.05) is 13.8 Å². The molecule has 23 heavy (non-hydrogen) atoms. The van der Waals surface area contributed by atoms with Crippen LogP contribution in [0.4, 0.5) is 16.2 Å². The lowest BCUT2D eigenvalue weighted by atomic mass is 10.0. The van der Waals surface area contributed by atoms with Crippen molar-refractivity contribution in [2.45, 2.75) is 26.3 Å². The van der Waals surface area contributed by atoms with Gasteiger partial charge in [-0.05, 0) is 24.5 Å². The second-order valence-corrected chi connectivity index (χ2v) is 5.81. The first kappa shape index (κ1) is 16.8. The van der Waals surface area contributed by atoms with Crippen LogP contribution in [0, 0.1) is 5.92 Å². The largest absolute Gasteiger partial charge is 0.467 e. The second-order valence-electron chi connectivity index (χ2n) is 5.81. The van der Waals surface area contributed by atoms with Crippen LogP contribution in [0.25, 0.3) is 0 Å². The number of methoxy groups -OCH3 is 1. The maximum absolute atomic E-state index is 12.5. The van der Waals surface area contributed by atoms with Gasteiger partial charge in [-0.3, -0.25) is 9.69 Å². The van der Waals surface area contributed by atoms with Crippen LogP contribution in [0.1, 0.15) is 20.3 Å². The van der Waals surface area contributed by atoms with Crippen LogP contribution in [0.2, 0.25) is 0 Å². The molecule has 0 saturated carbocycles. The predicted octanol–water partition coefficient (Wildman–Crippen LogP) is 1.74. The highest BCUT2D eigenvalue weighted by Crippen LogP contribution is 2.28. The molecule has 124 valence electrons. The number of amides is 3. The number of rotatable bonds is 4. The van der Waals surface area contributed by atoms with Gasteiger partial charge in [0.25, 0.3) is 0 Å². The van der Waals surface area contributed by atoms with Crippen molar-refractivity contribution >= 4 is 29.3 Å². The normalized spacial score (nSPS) is 14.8. The van der Waals surface area contributed by atoms with Gasteiger partial charge >= 0.3 is 12.0 Å². The highest BCUT2D eigenvalue weighted by atomic mass is 16.5. The molecule has 2 rings (SSSR count). The van der Waals surface area contributed by atoms with E-state index in [0.29, 0.717) is 17.8 Å². The van der Waals surface area contributed by atoms with Gasteiger partial charge in [0.05, 0.1) is 18.5 Å². The minimum absolute atomic E-state index is 0.0988. The number of anilines is 2. The Morgan fingerprint density at radius 1 is 1.35 bits per heavy atom. The molecule has 2 N–H and O–H groups in total. The zero-order chi connectivity index (χ0) is 17.0. The van der Waals surface area contributed by atoms with Crippen LogP contribution in [0.5, 0.6) is 0 Å². The van der Waals surface area contributed by atoms with E-state index in [4.69, 9.17) is 4.74 Å². The van der Waals surface area contributed by atoms with Crippen molar-refractivity contribution in [2.75, 3.05) is 23.9 Å². The molecule has 0 fully saturated rings. The molecule has 0 saturated heterocycles. The van der Waals surface area contributed by atoms with Crippen LogP contribution < -0.4 is 15.5 Å². The van der Waals surface area contributed by atoms with Crippen LogP contribution in [-0.2, 0) is 14.3 Å². The lowest BCUT2D eigenvalue weighted by Crippen LogP contribution is -2.52. The number of hydrogen-bond acceptors (Lipinski definition) is 4. The van der Waals surface area contributed by atoms with Gasteiger partial charge in [-0.15, -0.1) is 0 Å². The molecular weight excluding hydrogens is 298 g/mol. The molecule has 1 heterocycles. The van der Waals surface area contributed by atoms with E-state index in [1.165, 1.54) is 12.0 Å². The van der Waals surface area contributed by atoms with Crippen molar-refractivity contribution < 1.29 is 19.1 Å². The van der Waals surface area contributed by atoms with Crippen molar-refractivity contribution in [1.29, 1.82) is 0 Å². The molecule has 0 bridgehead atoms. The molecule has 0 aromatic heterocycles. The highest BCUT2D eigenvalue weighted by Gasteiger charge is 2.30. The van der Waals surface area contributed by atoms with Gasteiger partial charge in [-0.2, -0.15) is 0 Å². The molecule has 0 radical (unpaired) electrons. The number of ether oxygens (including phenoxy) is 1. The summed E-state index contributed by atoms with van der Waals surface area (Å²) in [5, 5.41) is 5.37. The standard InChI is InChI=1S/C16H21N3O4/c1-10(2)8-12(15(21)23-3)18-16(22)19-9-14(20)17-11-6-4-5-7-13(11)19/h4-7,10,12H,8-9H2,1-3H3,(H,17,20)(H,18,22)/t12-/m1/s1. The van der Waals surface area contributed by atoms with Gasteiger partial charge in [0.15, 0.2) is 0 Å². The Morgan fingerprint density at radius 2 is 2.04 bits per heavy atom. The summed E-state index contributed by atoms with van der Waals surface area (Å²) in [4.78, 5) is 37.5. The summed E-state index contributed by atoms with van der Waals surface area (Å²) in [6.07, 6.45) is 0.458. The molecule has 0 aliphatic carbocycles. The lowest BCUT2D eigenvalue weighted by molar-refractivity contribution is -0.143. The van der Waals surface area contributed by atoms with E-state index in [1.54, 1.807) is 24.3 Å². The predicted molar refractivity (Wildman–Crippen MR) is 86.2 cm³/mol. The summed E-state index contributed by atoms with van der Waals surface area (Å²) >= 11 is 0. The minimum atomic E-state index is -0.746. The fourth-order valence-corrected chi connectivity index (χ4v) is 2.47. The molecule has 1 aliphatic rings. The summed E-state index contributed by atoms with van der Waals surface area (Å²) in [6, 6.07) is 5.77. The zero-order valence-corrected chi connectivity index (χ0v) is 13.5. The number of fused-ring (bicyclic) bond motifs is 1. The molecule has 1 atom stereocenters. The summed E-state index contributed by atoms with van der Waals surface area (Å²) in [5.41, 5.74) is 1.16. The van der Waals surface area contributed by atoms with E-state index >= 15 is 0 Å². The van der Waals surface area contributed by atoms with Crippen LogP contribution in [0.15, 0.2) is 24.3 Å². The van der Waals surface area contributed by atoms with E-state index in [0.717, 1.165) is 0 Å². The van der Waals surface area contributed by atoms with Crippen LogP contribution in [0.3, 0.4) is 0 Å².